The smallest absolute Gasteiger partial charge is 0.230 e. The lowest BCUT2D eigenvalue weighted by atomic mass is 9.95. The summed E-state index contributed by atoms with van der Waals surface area (Å²) in [4.78, 5) is 23.8. The number of carbonyl (C=O) groups excluding carboxylic acids is 2. The lowest BCUT2D eigenvalue weighted by Gasteiger charge is -2.16. The van der Waals surface area contributed by atoms with E-state index in [1.165, 1.54) is 0 Å². The highest BCUT2D eigenvalue weighted by atomic mass is 16.2. The van der Waals surface area contributed by atoms with Crippen molar-refractivity contribution in [3.8, 4) is 0 Å². The van der Waals surface area contributed by atoms with Crippen LogP contribution in [-0.4, -0.2) is 24.9 Å². The number of nitrogens with one attached hydrogen (secondary N) is 2. The first-order valence-corrected chi connectivity index (χ1v) is 7.49. The Bertz CT molecular complexity index is 507. The summed E-state index contributed by atoms with van der Waals surface area (Å²) in [5.74, 6) is -0.00922. The van der Waals surface area contributed by atoms with Gasteiger partial charge in [-0.2, -0.15) is 0 Å². The Hall–Kier alpha value is -2.04. The van der Waals surface area contributed by atoms with Crippen molar-refractivity contribution in [3.05, 3.63) is 29.8 Å². The summed E-state index contributed by atoms with van der Waals surface area (Å²) in [7, 11) is 0. The number of amides is 2. The van der Waals surface area contributed by atoms with Crippen LogP contribution in [0.4, 0.5) is 5.69 Å². The van der Waals surface area contributed by atoms with Gasteiger partial charge < -0.3 is 16.4 Å². The van der Waals surface area contributed by atoms with Crippen LogP contribution in [0.3, 0.4) is 0 Å². The van der Waals surface area contributed by atoms with Gasteiger partial charge in [0.2, 0.25) is 11.8 Å². The predicted molar refractivity (Wildman–Crippen MR) is 82.7 cm³/mol. The first kappa shape index (κ1) is 15.4. The molecular weight excluding hydrogens is 266 g/mol. The fourth-order valence-electron chi connectivity index (χ4n) is 2.39. The molecule has 1 fully saturated rings. The summed E-state index contributed by atoms with van der Waals surface area (Å²) in [6, 6.07) is 7.47. The highest BCUT2D eigenvalue weighted by molar-refractivity contribution is 5.91. The first-order valence-electron chi connectivity index (χ1n) is 7.49. The summed E-state index contributed by atoms with van der Waals surface area (Å²) in [5, 5.41) is 5.67. The molecule has 0 bridgehead atoms. The molecule has 0 atom stereocenters. The van der Waals surface area contributed by atoms with Crippen molar-refractivity contribution in [2.75, 3.05) is 18.8 Å². The second-order valence-electron chi connectivity index (χ2n) is 5.56. The van der Waals surface area contributed by atoms with E-state index in [1.54, 1.807) is 0 Å². The number of nitrogens with two attached hydrogens (primary N) is 1. The normalized spacial score (nSPS) is 15.3. The zero-order valence-electron chi connectivity index (χ0n) is 12.4. The first-order chi connectivity index (χ1) is 10.1. The fraction of sp³-hybridized carbons (Fsp3) is 0.500. The predicted octanol–water partition coefficient (Wildman–Crippen LogP) is 1.33. The van der Waals surface area contributed by atoms with Gasteiger partial charge >= 0.3 is 0 Å². The second kappa shape index (κ2) is 6.61. The Labute approximate surface area is 125 Å². The van der Waals surface area contributed by atoms with Gasteiger partial charge in [0.25, 0.3) is 0 Å². The number of nitrogen functional groups attached to an aromatic ring is 1. The van der Waals surface area contributed by atoms with Crippen molar-refractivity contribution in [1.29, 1.82) is 0 Å². The lowest BCUT2D eigenvalue weighted by Crippen LogP contribution is -2.37. The molecule has 5 heteroatoms. The van der Waals surface area contributed by atoms with Crippen molar-refractivity contribution < 1.29 is 9.59 Å². The van der Waals surface area contributed by atoms with Gasteiger partial charge in [-0.1, -0.05) is 19.1 Å². The maximum absolute atomic E-state index is 12.3. The maximum atomic E-state index is 12.3. The van der Waals surface area contributed by atoms with E-state index in [0.29, 0.717) is 25.2 Å². The lowest BCUT2D eigenvalue weighted by molar-refractivity contribution is -0.124. The largest absolute Gasteiger partial charge is 0.399 e. The second-order valence-corrected chi connectivity index (χ2v) is 5.56. The van der Waals surface area contributed by atoms with E-state index in [-0.39, 0.29) is 11.8 Å². The Kier molecular flexibility index (Phi) is 4.83. The van der Waals surface area contributed by atoms with E-state index in [9.17, 15) is 9.59 Å². The average molecular weight is 289 g/mol. The Morgan fingerprint density at radius 3 is 2.38 bits per heavy atom. The summed E-state index contributed by atoms with van der Waals surface area (Å²) in [5.41, 5.74) is 6.97. The van der Waals surface area contributed by atoms with Gasteiger partial charge in [0.15, 0.2) is 0 Å². The molecule has 21 heavy (non-hydrogen) atoms. The van der Waals surface area contributed by atoms with Crippen LogP contribution in [0, 0.1) is 0 Å². The molecule has 0 spiro atoms. The van der Waals surface area contributed by atoms with Gasteiger partial charge in [0.1, 0.15) is 0 Å². The van der Waals surface area contributed by atoms with Gasteiger partial charge in [-0.05, 0) is 37.0 Å². The van der Waals surface area contributed by atoms with E-state index in [4.69, 9.17) is 5.73 Å². The third kappa shape index (κ3) is 3.74. The van der Waals surface area contributed by atoms with Crippen LogP contribution in [0.2, 0.25) is 0 Å². The molecule has 2 amide bonds. The molecule has 1 aliphatic carbocycles. The topological polar surface area (TPSA) is 84.2 Å². The molecular formula is C16H23N3O2. The van der Waals surface area contributed by atoms with E-state index in [1.807, 2.05) is 31.2 Å². The minimum absolute atomic E-state index is 0.00978. The van der Waals surface area contributed by atoms with Crippen LogP contribution in [0.5, 0.6) is 0 Å². The number of carbonyl (C=O) groups is 2. The number of rotatable bonds is 7. The van der Waals surface area contributed by atoms with E-state index < -0.39 is 5.41 Å². The molecule has 2 rings (SSSR count). The Balaban J connectivity index is 1.83. The Morgan fingerprint density at radius 2 is 1.81 bits per heavy atom. The summed E-state index contributed by atoms with van der Waals surface area (Å²) in [6.45, 7) is 3.07. The molecule has 4 N–H and O–H groups in total. The number of anilines is 1. The summed E-state index contributed by atoms with van der Waals surface area (Å²) in [6.07, 6.45) is 2.94. The third-order valence-corrected chi connectivity index (χ3v) is 3.86. The zero-order chi connectivity index (χ0) is 15.3. The van der Waals surface area contributed by atoms with Crippen molar-refractivity contribution >= 4 is 17.5 Å². The van der Waals surface area contributed by atoms with Crippen molar-refractivity contribution in [2.24, 2.45) is 0 Å². The molecule has 1 aromatic carbocycles. The molecule has 0 saturated heterocycles. The number of hydrogen-bond acceptors (Lipinski definition) is 3. The molecule has 114 valence electrons. The molecule has 0 unspecified atom stereocenters. The summed E-state index contributed by atoms with van der Waals surface area (Å²) < 4.78 is 0. The van der Waals surface area contributed by atoms with Crippen LogP contribution in [0.25, 0.3) is 0 Å². The Morgan fingerprint density at radius 1 is 1.14 bits per heavy atom. The highest BCUT2D eigenvalue weighted by Crippen LogP contribution is 2.48. The quantitative estimate of drug-likeness (QED) is 0.662. The molecule has 1 saturated carbocycles. The van der Waals surface area contributed by atoms with E-state index in [2.05, 4.69) is 10.6 Å². The van der Waals surface area contributed by atoms with Gasteiger partial charge in [-0.25, -0.2) is 0 Å². The SMILES string of the molecule is CCCNC(=O)CCNC(=O)C1(c2ccc(N)cc2)CC1. The van der Waals surface area contributed by atoms with Gasteiger partial charge in [-0.3, -0.25) is 9.59 Å². The number of hydrogen-bond donors (Lipinski definition) is 3. The van der Waals surface area contributed by atoms with Crippen molar-refractivity contribution in [3.63, 3.8) is 0 Å². The standard InChI is InChI=1S/C16H23N3O2/c1-2-10-18-14(20)7-11-19-15(21)16(8-9-16)12-3-5-13(17)6-4-12/h3-6H,2,7-11,17H2,1H3,(H,18,20)(H,19,21). The average Bonchev–Trinajstić information content (AvgIpc) is 3.27. The van der Waals surface area contributed by atoms with Crippen LogP contribution in [0.15, 0.2) is 24.3 Å². The van der Waals surface area contributed by atoms with Crippen LogP contribution >= 0.6 is 0 Å². The van der Waals surface area contributed by atoms with Crippen LogP contribution in [0.1, 0.15) is 38.2 Å². The summed E-state index contributed by atoms with van der Waals surface area (Å²) >= 11 is 0. The molecule has 5 nitrogen and oxygen atoms in total. The zero-order valence-corrected chi connectivity index (χ0v) is 12.4. The van der Waals surface area contributed by atoms with Crippen molar-refractivity contribution in [2.45, 2.75) is 38.0 Å². The molecule has 0 aliphatic heterocycles. The third-order valence-electron chi connectivity index (χ3n) is 3.86. The van der Waals surface area contributed by atoms with Crippen LogP contribution in [-0.2, 0) is 15.0 Å². The molecule has 0 heterocycles. The maximum Gasteiger partial charge on any atom is 0.230 e. The van der Waals surface area contributed by atoms with Crippen LogP contribution < -0.4 is 16.4 Å². The monoisotopic (exact) mass is 289 g/mol. The van der Waals surface area contributed by atoms with E-state index >= 15 is 0 Å². The number of benzene rings is 1. The molecule has 1 aromatic rings. The van der Waals surface area contributed by atoms with Gasteiger partial charge in [0, 0.05) is 25.2 Å². The van der Waals surface area contributed by atoms with Crippen molar-refractivity contribution in [1.82, 2.24) is 10.6 Å². The molecule has 0 aromatic heterocycles. The molecule has 0 radical (unpaired) electrons. The van der Waals surface area contributed by atoms with Gasteiger partial charge in [0.05, 0.1) is 5.41 Å². The minimum atomic E-state index is -0.409. The van der Waals surface area contributed by atoms with Gasteiger partial charge in [-0.15, -0.1) is 0 Å². The highest BCUT2D eigenvalue weighted by Gasteiger charge is 2.50. The molecule has 1 aliphatic rings. The minimum Gasteiger partial charge on any atom is -0.399 e. The van der Waals surface area contributed by atoms with E-state index in [0.717, 1.165) is 24.8 Å². The fourth-order valence-corrected chi connectivity index (χ4v) is 2.39.